The van der Waals surface area contributed by atoms with Crippen LogP contribution in [0.4, 0.5) is 0 Å². The minimum absolute atomic E-state index is 0.0703. The predicted molar refractivity (Wildman–Crippen MR) is 118 cm³/mol. The van der Waals surface area contributed by atoms with Gasteiger partial charge >= 0.3 is 0 Å². The summed E-state index contributed by atoms with van der Waals surface area (Å²) in [6.07, 6.45) is 22.4. The van der Waals surface area contributed by atoms with Crippen molar-refractivity contribution in [1.29, 1.82) is 0 Å². The van der Waals surface area contributed by atoms with E-state index in [9.17, 15) is 0 Å². The van der Waals surface area contributed by atoms with Crippen molar-refractivity contribution in [3.63, 3.8) is 0 Å². The molecule has 0 unspecified atom stereocenters. The standard InChI is InChI=1S/C25H44O2/c1-2-3-4-5-6-7-8-9-10-11-12-13-14-15-16-17-24-18-20-25(21-19-24)27-23-22-26/h18-21,26H,2-17,22-23H2,1H3. The van der Waals surface area contributed by atoms with Crippen LogP contribution in [0.15, 0.2) is 24.3 Å². The molecule has 0 radical (unpaired) electrons. The molecule has 1 rings (SSSR count). The molecular weight excluding hydrogens is 332 g/mol. The maximum absolute atomic E-state index is 8.76. The van der Waals surface area contributed by atoms with E-state index in [-0.39, 0.29) is 6.61 Å². The second kappa shape index (κ2) is 18.3. The molecule has 0 atom stereocenters. The molecule has 0 bridgehead atoms. The maximum atomic E-state index is 8.76. The van der Waals surface area contributed by atoms with Gasteiger partial charge in [-0.1, -0.05) is 109 Å². The molecule has 0 saturated carbocycles. The SMILES string of the molecule is CCCCCCCCCCCCCCCCCc1ccc(OCCO)cc1. The average molecular weight is 377 g/mol. The number of hydrogen-bond acceptors (Lipinski definition) is 2. The molecule has 0 aliphatic rings. The normalized spacial score (nSPS) is 11.0. The van der Waals surface area contributed by atoms with Crippen LogP contribution in [0.25, 0.3) is 0 Å². The van der Waals surface area contributed by atoms with E-state index >= 15 is 0 Å². The van der Waals surface area contributed by atoms with Crippen LogP contribution in [-0.2, 0) is 6.42 Å². The third-order valence-electron chi connectivity index (χ3n) is 5.35. The van der Waals surface area contributed by atoms with Crippen LogP contribution >= 0.6 is 0 Å². The van der Waals surface area contributed by atoms with Crippen molar-refractivity contribution in [2.75, 3.05) is 13.2 Å². The molecule has 1 aromatic rings. The van der Waals surface area contributed by atoms with Crippen LogP contribution in [0, 0.1) is 0 Å². The Hall–Kier alpha value is -1.02. The Bertz CT molecular complexity index is 413. The molecule has 1 aromatic carbocycles. The van der Waals surface area contributed by atoms with Gasteiger partial charge in [-0.15, -0.1) is 0 Å². The number of rotatable bonds is 19. The van der Waals surface area contributed by atoms with Crippen LogP contribution in [0.1, 0.15) is 109 Å². The van der Waals surface area contributed by atoms with Crippen molar-refractivity contribution in [1.82, 2.24) is 0 Å². The van der Waals surface area contributed by atoms with Gasteiger partial charge in [0.15, 0.2) is 0 Å². The second-order valence-electron chi connectivity index (χ2n) is 7.92. The third kappa shape index (κ3) is 14.7. The molecule has 2 nitrogen and oxygen atoms in total. The molecule has 156 valence electrons. The molecular formula is C25H44O2. The number of aliphatic hydroxyl groups excluding tert-OH is 1. The molecule has 0 fully saturated rings. The van der Waals surface area contributed by atoms with Gasteiger partial charge in [-0.05, 0) is 30.5 Å². The number of aryl methyl sites for hydroxylation is 1. The Kier molecular flexibility index (Phi) is 16.3. The first-order valence-corrected chi connectivity index (χ1v) is 11.7. The lowest BCUT2D eigenvalue weighted by molar-refractivity contribution is 0.201. The minimum atomic E-state index is 0.0703. The zero-order valence-corrected chi connectivity index (χ0v) is 17.9. The summed E-state index contributed by atoms with van der Waals surface area (Å²) in [7, 11) is 0. The van der Waals surface area contributed by atoms with Gasteiger partial charge in [-0.3, -0.25) is 0 Å². The highest BCUT2D eigenvalue weighted by Gasteiger charge is 1.97. The van der Waals surface area contributed by atoms with Gasteiger partial charge in [0, 0.05) is 0 Å². The van der Waals surface area contributed by atoms with Crippen molar-refractivity contribution in [2.24, 2.45) is 0 Å². The molecule has 27 heavy (non-hydrogen) atoms. The van der Waals surface area contributed by atoms with Crippen LogP contribution in [0.5, 0.6) is 5.75 Å². The van der Waals surface area contributed by atoms with Gasteiger partial charge in [0.2, 0.25) is 0 Å². The fraction of sp³-hybridized carbons (Fsp3) is 0.760. The first-order valence-electron chi connectivity index (χ1n) is 11.7. The van der Waals surface area contributed by atoms with E-state index < -0.39 is 0 Å². The van der Waals surface area contributed by atoms with E-state index in [4.69, 9.17) is 9.84 Å². The summed E-state index contributed by atoms with van der Waals surface area (Å²) >= 11 is 0. The first kappa shape index (κ1) is 24.0. The van der Waals surface area contributed by atoms with E-state index in [1.807, 2.05) is 12.1 Å². The Morgan fingerprint density at radius 2 is 1.07 bits per heavy atom. The highest BCUT2D eigenvalue weighted by atomic mass is 16.5. The monoisotopic (exact) mass is 376 g/mol. The van der Waals surface area contributed by atoms with Crippen molar-refractivity contribution in [3.05, 3.63) is 29.8 Å². The number of hydrogen-bond donors (Lipinski definition) is 1. The zero-order valence-electron chi connectivity index (χ0n) is 17.9. The van der Waals surface area contributed by atoms with Gasteiger partial charge in [0.05, 0.1) is 6.61 Å². The lowest BCUT2D eigenvalue weighted by Crippen LogP contribution is -2.01. The zero-order chi connectivity index (χ0) is 19.4. The van der Waals surface area contributed by atoms with Gasteiger partial charge in [0.1, 0.15) is 12.4 Å². The molecule has 1 N–H and O–H groups in total. The van der Waals surface area contributed by atoms with E-state index in [0.717, 1.165) is 5.75 Å². The largest absolute Gasteiger partial charge is 0.491 e. The third-order valence-corrected chi connectivity index (χ3v) is 5.35. The summed E-state index contributed by atoms with van der Waals surface area (Å²) in [5, 5.41) is 8.76. The molecule has 0 spiro atoms. The fourth-order valence-corrected chi connectivity index (χ4v) is 3.62. The van der Waals surface area contributed by atoms with Crippen LogP contribution < -0.4 is 4.74 Å². The predicted octanol–water partition coefficient (Wildman–Crippen LogP) is 7.47. The summed E-state index contributed by atoms with van der Waals surface area (Å²) in [4.78, 5) is 0. The molecule has 0 saturated heterocycles. The molecule has 0 aliphatic carbocycles. The van der Waals surface area contributed by atoms with Crippen LogP contribution in [0.2, 0.25) is 0 Å². The second-order valence-corrected chi connectivity index (χ2v) is 7.92. The van der Waals surface area contributed by atoms with Crippen molar-refractivity contribution >= 4 is 0 Å². The van der Waals surface area contributed by atoms with Gasteiger partial charge in [-0.2, -0.15) is 0 Å². The quantitative estimate of drug-likeness (QED) is 0.254. The van der Waals surface area contributed by atoms with E-state index in [0.29, 0.717) is 6.61 Å². The number of ether oxygens (including phenoxy) is 1. The highest BCUT2D eigenvalue weighted by Crippen LogP contribution is 2.16. The molecule has 0 aromatic heterocycles. The average Bonchev–Trinajstić information content (AvgIpc) is 2.70. The minimum Gasteiger partial charge on any atom is -0.491 e. The Morgan fingerprint density at radius 1 is 0.630 bits per heavy atom. The fourth-order valence-electron chi connectivity index (χ4n) is 3.62. The van der Waals surface area contributed by atoms with Crippen molar-refractivity contribution in [2.45, 2.75) is 110 Å². The Morgan fingerprint density at radius 3 is 1.52 bits per heavy atom. The van der Waals surface area contributed by atoms with E-state index in [1.54, 1.807) is 0 Å². The molecule has 2 heteroatoms. The Labute approximate surface area is 168 Å². The number of unbranched alkanes of at least 4 members (excludes halogenated alkanes) is 14. The summed E-state index contributed by atoms with van der Waals surface area (Å²) in [6.45, 7) is 2.73. The number of benzene rings is 1. The summed E-state index contributed by atoms with van der Waals surface area (Å²) < 4.78 is 5.39. The highest BCUT2D eigenvalue weighted by molar-refractivity contribution is 5.27. The van der Waals surface area contributed by atoms with Crippen LogP contribution in [0.3, 0.4) is 0 Å². The maximum Gasteiger partial charge on any atom is 0.119 e. The van der Waals surface area contributed by atoms with Crippen molar-refractivity contribution < 1.29 is 9.84 Å². The van der Waals surface area contributed by atoms with Gasteiger partial charge < -0.3 is 9.84 Å². The van der Waals surface area contributed by atoms with Gasteiger partial charge in [0.25, 0.3) is 0 Å². The van der Waals surface area contributed by atoms with E-state index in [2.05, 4.69) is 19.1 Å². The van der Waals surface area contributed by atoms with Crippen molar-refractivity contribution in [3.8, 4) is 5.75 Å². The number of aliphatic hydroxyl groups is 1. The lowest BCUT2D eigenvalue weighted by atomic mass is 10.0. The molecule has 0 heterocycles. The molecule has 0 aliphatic heterocycles. The van der Waals surface area contributed by atoms with Crippen LogP contribution in [-0.4, -0.2) is 18.3 Å². The summed E-state index contributed by atoms with van der Waals surface area (Å²) in [5.41, 5.74) is 1.39. The van der Waals surface area contributed by atoms with E-state index in [1.165, 1.54) is 108 Å². The smallest absolute Gasteiger partial charge is 0.119 e. The lowest BCUT2D eigenvalue weighted by Gasteiger charge is -2.06. The Balaban J connectivity index is 1.82. The first-order chi connectivity index (χ1) is 13.4. The summed E-state index contributed by atoms with van der Waals surface area (Å²) in [6, 6.07) is 8.32. The van der Waals surface area contributed by atoms with Gasteiger partial charge in [-0.25, -0.2) is 0 Å². The summed E-state index contributed by atoms with van der Waals surface area (Å²) in [5.74, 6) is 0.851. The topological polar surface area (TPSA) is 29.5 Å². The molecule has 0 amide bonds.